The van der Waals surface area contributed by atoms with E-state index in [-0.39, 0.29) is 38.9 Å². The Hall–Kier alpha value is -4.99. The molecule has 3 N–H and O–H groups in total. The van der Waals surface area contributed by atoms with Crippen LogP contribution in [0.4, 0.5) is 14.0 Å². The maximum Gasteiger partial charge on any atom is 0.410 e. The van der Waals surface area contributed by atoms with Crippen LogP contribution in [0.3, 0.4) is 0 Å². The molecular formula is C40H50FN5O9S. The van der Waals surface area contributed by atoms with Gasteiger partial charge in [0.05, 0.1) is 18.8 Å². The molecule has 3 heterocycles. The standard InChI is InChI=1S/C40H50FN5O9S/c1-25-15-17-26(18-16-25)24-56(52,53)44-36(49)40-20-28(40)12-8-6-5-7-9-14-32(42-37(50)55-39(2,3)4)35(48)46-22-29(19-33(46)34(47)43-40)54-38(51)45-21-27-11-10-13-31(41)30(27)23-45/h8,10-13,15-18,28-29,32-33H,5-7,9,14,19-24H2,1-4H3,(H,42,50)(H,43,47)(H,44,49)/b12-8-/t28-,29+,32-,33-,40+/m0/s1. The minimum absolute atomic E-state index is 0.0125. The van der Waals surface area contributed by atoms with E-state index in [1.165, 1.54) is 15.9 Å². The van der Waals surface area contributed by atoms with Crippen molar-refractivity contribution in [3.8, 4) is 0 Å². The lowest BCUT2D eigenvalue weighted by molar-refractivity contribution is -0.141. The van der Waals surface area contributed by atoms with Gasteiger partial charge in [0.2, 0.25) is 21.8 Å². The second-order valence-electron chi connectivity index (χ2n) is 16.2. The van der Waals surface area contributed by atoms with Crippen molar-refractivity contribution in [1.29, 1.82) is 0 Å². The van der Waals surface area contributed by atoms with Crippen molar-refractivity contribution >= 4 is 39.9 Å². The molecule has 5 atom stereocenters. The van der Waals surface area contributed by atoms with Gasteiger partial charge in [0.15, 0.2) is 0 Å². The molecule has 2 fully saturated rings. The van der Waals surface area contributed by atoms with Gasteiger partial charge in [-0.1, -0.05) is 67.0 Å². The third-order valence-corrected chi connectivity index (χ3v) is 11.7. The van der Waals surface area contributed by atoms with Gasteiger partial charge in [0.25, 0.3) is 5.91 Å². The summed E-state index contributed by atoms with van der Waals surface area (Å²) in [5, 5.41) is 5.46. The molecule has 3 aliphatic heterocycles. The lowest BCUT2D eigenvalue weighted by Gasteiger charge is -2.30. The summed E-state index contributed by atoms with van der Waals surface area (Å²) < 4.78 is 54.4. The summed E-state index contributed by atoms with van der Waals surface area (Å²) in [5.41, 5.74) is -0.0336. The summed E-state index contributed by atoms with van der Waals surface area (Å²) >= 11 is 0. The normalized spacial score (nSPS) is 26.0. The molecule has 1 aliphatic carbocycles. The second-order valence-corrected chi connectivity index (χ2v) is 17.9. The number of aryl methyl sites for hydroxylation is 1. The van der Waals surface area contributed by atoms with Crippen LogP contribution in [-0.4, -0.2) is 84.0 Å². The van der Waals surface area contributed by atoms with Gasteiger partial charge in [-0.25, -0.2) is 22.4 Å². The SMILES string of the molecule is Cc1ccc(CS(=O)(=O)NC(=O)[C@@]23C[C@@H]2/C=C\CCCCC[C@H](NC(=O)OC(C)(C)C)C(=O)N2C[C@H](OC(=O)N4Cc5cccc(F)c5C4)C[C@H]2C(=O)N3)cc1. The fraction of sp³-hybridized carbons (Fsp3) is 0.525. The number of allylic oxidation sites excluding steroid dienone is 1. The lowest BCUT2D eigenvalue weighted by Crippen LogP contribution is -2.58. The maximum absolute atomic E-state index is 14.5. The summed E-state index contributed by atoms with van der Waals surface area (Å²) in [4.78, 5) is 71.5. The smallest absolute Gasteiger partial charge is 0.410 e. The number of hydrogen-bond donors (Lipinski definition) is 3. The van der Waals surface area contributed by atoms with E-state index in [4.69, 9.17) is 9.47 Å². The van der Waals surface area contributed by atoms with Gasteiger partial charge in [0.1, 0.15) is 35.1 Å². The highest BCUT2D eigenvalue weighted by molar-refractivity contribution is 7.89. The second kappa shape index (κ2) is 16.2. The van der Waals surface area contributed by atoms with Crippen molar-refractivity contribution < 1.29 is 46.3 Å². The summed E-state index contributed by atoms with van der Waals surface area (Å²) in [6.45, 7) is 6.84. The molecule has 6 rings (SSSR count). The van der Waals surface area contributed by atoms with Crippen molar-refractivity contribution in [2.75, 3.05) is 6.54 Å². The number of hydrogen-bond acceptors (Lipinski definition) is 9. The number of carbonyl (C=O) groups is 5. The van der Waals surface area contributed by atoms with Crippen LogP contribution in [0.5, 0.6) is 0 Å². The van der Waals surface area contributed by atoms with E-state index < -0.39 is 86.7 Å². The van der Waals surface area contributed by atoms with Gasteiger partial charge in [-0.3, -0.25) is 24.0 Å². The van der Waals surface area contributed by atoms with Crippen LogP contribution < -0.4 is 15.4 Å². The van der Waals surface area contributed by atoms with Crippen LogP contribution in [0.2, 0.25) is 0 Å². The van der Waals surface area contributed by atoms with Crippen LogP contribution in [0.15, 0.2) is 54.6 Å². The van der Waals surface area contributed by atoms with Gasteiger partial charge >= 0.3 is 12.2 Å². The molecule has 0 aromatic heterocycles. The molecule has 1 saturated carbocycles. The first kappa shape index (κ1) is 40.7. The first-order valence-corrected chi connectivity index (χ1v) is 20.7. The number of carbonyl (C=O) groups excluding carboxylic acids is 5. The average molecular weight is 796 g/mol. The number of fused-ring (bicyclic) bond motifs is 3. The zero-order chi connectivity index (χ0) is 40.4. The molecule has 1 saturated heterocycles. The van der Waals surface area contributed by atoms with E-state index in [1.807, 2.05) is 13.0 Å². The number of benzene rings is 2. The highest BCUT2D eigenvalue weighted by Crippen LogP contribution is 2.46. The number of sulfonamides is 1. The van der Waals surface area contributed by atoms with Gasteiger partial charge in [-0.05, 0) is 70.6 Å². The van der Waals surface area contributed by atoms with Crippen LogP contribution in [0, 0.1) is 18.7 Å². The molecule has 2 aromatic rings. The molecule has 2 aromatic carbocycles. The predicted octanol–water partition coefficient (Wildman–Crippen LogP) is 4.49. The van der Waals surface area contributed by atoms with Crippen molar-refractivity contribution in [2.45, 2.75) is 121 Å². The molecule has 14 nitrogen and oxygen atoms in total. The molecule has 0 bridgehead atoms. The Morgan fingerprint density at radius 1 is 1.04 bits per heavy atom. The van der Waals surface area contributed by atoms with Crippen molar-refractivity contribution in [2.24, 2.45) is 5.92 Å². The lowest BCUT2D eigenvalue weighted by atomic mass is 10.0. The monoisotopic (exact) mass is 795 g/mol. The zero-order valence-electron chi connectivity index (χ0n) is 32.1. The maximum atomic E-state index is 14.5. The van der Waals surface area contributed by atoms with E-state index in [2.05, 4.69) is 15.4 Å². The highest BCUT2D eigenvalue weighted by Gasteiger charge is 2.61. The molecule has 4 aliphatic rings. The Kier molecular flexibility index (Phi) is 11.8. The fourth-order valence-electron chi connectivity index (χ4n) is 7.51. The number of nitrogens with zero attached hydrogens (tertiary/aromatic N) is 2. The molecule has 0 unspecified atom stereocenters. The Labute approximate surface area is 326 Å². The topological polar surface area (TPSA) is 181 Å². The molecule has 302 valence electrons. The molecule has 0 radical (unpaired) electrons. The van der Waals surface area contributed by atoms with E-state index in [0.29, 0.717) is 36.0 Å². The van der Waals surface area contributed by atoms with Gasteiger partial charge in [-0.15, -0.1) is 0 Å². The number of ether oxygens (including phenoxy) is 2. The molecule has 0 spiro atoms. The summed E-state index contributed by atoms with van der Waals surface area (Å²) in [6, 6.07) is 9.09. The Bertz CT molecular complexity index is 2000. The Morgan fingerprint density at radius 2 is 1.79 bits per heavy atom. The molecule has 56 heavy (non-hydrogen) atoms. The van der Waals surface area contributed by atoms with Crippen molar-refractivity contribution in [3.63, 3.8) is 0 Å². The number of rotatable bonds is 6. The average Bonchev–Trinajstić information content (AvgIpc) is 3.40. The van der Waals surface area contributed by atoms with E-state index in [1.54, 1.807) is 63.2 Å². The summed E-state index contributed by atoms with van der Waals surface area (Å²) in [7, 11) is -4.18. The first-order chi connectivity index (χ1) is 26.4. The summed E-state index contributed by atoms with van der Waals surface area (Å²) in [5.74, 6) is -3.68. The van der Waals surface area contributed by atoms with Crippen molar-refractivity contribution in [3.05, 3.63) is 82.7 Å². The van der Waals surface area contributed by atoms with E-state index in [0.717, 1.165) is 12.0 Å². The van der Waals surface area contributed by atoms with Crippen molar-refractivity contribution in [1.82, 2.24) is 25.2 Å². The fourth-order valence-corrected chi connectivity index (χ4v) is 8.68. The van der Waals surface area contributed by atoms with Crippen LogP contribution in [0.1, 0.15) is 88.0 Å². The largest absolute Gasteiger partial charge is 0.444 e. The third kappa shape index (κ3) is 9.68. The third-order valence-electron chi connectivity index (χ3n) is 10.5. The van der Waals surface area contributed by atoms with E-state index in [9.17, 15) is 36.8 Å². The molecular weight excluding hydrogens is 746 g/mol. The van der Waals surface area contributed by atoms with Gasteiger partial charge in [-0.2, -0.15) is 0 Å². The van der Waals surface area contributed by atoms with Crippen LogP contribution >= 0.6 is 0 Å². The van der Waals surface area contributed by atoms with Gasteiger partial charge < -0.3 is 25.0 Å². The molecule has 16 heteroatoms. The summed E-state index contributed by atoms with van der Waals surface area (Å²) in [6.07, 6.45) is 4.00. The zero-order valence-corrected chi connectivity index (χ0v) is 33.0. The number of nitrogens with one attached hydrogen (secondary N) is 3. The number of halogens is 1. The minimum Gasteiger partial charge on any atom is -0.444 e. The van der Waals surface area contributed by atoms with E-state index >= 15 is 0 Å². The predicted molar refractivity (Wildman–Crippen MR) is 202 cm³/mol. The number of amides is 5. The number of alkyl carbamates (subject to hydrolysis) is 1. The van der Waals surface area contributed by atoms with Gasteiger partial charge in [0, 0.05) is 24.4 Å². The highest BCUT2D eigenvalue weighted by atomic mass is 32.2. The molecule has 5 amide bonds. The Morgan fingerprint density at radius 3 is 2.50 bits per heavy atom. The quantitative estimate of drug-likeness (QED) is 0.355. The first-order valence-electron chi connectivity index (χ1n) is 19.0. The Balaban J connectivity index is 1.25. The minimum atomic E-state index is -4.18. The van der Waals surface area contributed by atoms with Crippen LogP contribution in [0.25, 0.3) is 0 Å². The van der Waals surface area contributed by atoms with Crippen LogP contribution in [-0.2, 0) is 52.7 Å².